The van der Waals surface area contributed by atoms with E-state index in [-0.39, 0.29) is 5.92 Å². The maximum absolute atomic E-state index is 11.6. The molecule has 0 aromatic heterocycles. The van der Waals surface area contributed by atoms with E-state index in [0.717, 1.165) is 26.1 Å². The van der Waals surface area contributed by atoms with Crippen molar-refractivity contribution in [3.8, 4) is 0 Å². The van der Waals surface area contributed by atoms with Gasteiger partial charge in [-0.05, 0) is 12.3 Å². The number of ether oxygens (including phenoxy) is 1. The van der Waals surface area contributed by atoms with Gasteiger partial charge in [-0.25, -0.2) is 0 Å². The molecule has 2 saturated heterocycles. The van der Waals surface area contributed by atoms with Gasteiger partial charge in [-0.2, -0.15) is 0 Å². The third-order valence-electron chi connectivity index (χ3n) is 2.65. The van der Waals surface area contributed by atoms with Crippen LogP contribution in [-0.2, 0) is 9.53 Å². The van der Waals surface area contributed by atoms with E-state index >= 15 is 0 Å². The Labute approximate surface area is 72.7 Å². The van der Waals surface area contributed by atoms with Gasteiger partial charge in [0.15, 0.2) is 0 Å². The Morgan fingerprint density at radius 3 is 2.75 bits per heavy atom. The van der Waals surface area contributed by atoms with Crippen LogP contribution in [0.1, 0.15) is 13.3 Å². The zero-order chi connectivity index (χ0) is 8.55. The van der Waals surface area contributed by atoms with E-state index in [1.165, 1.54) is 0 Å². The SMILES string of the molecule is CC1CN(C(=O)C2CCOC2)C1. The molecule has 1 amide bonds. The van der Waals surface area contributed by atoms with Crippen LogP contribution >= 0.6 is 0 Å². The highest BCUT2D eigenvalue weighted by Gasteiger charge is 2.33. The average molecular weight is 169 g/mol. The Morgan fingerprint density at radius 1 is 1.50 bits per heavy atom. The molecule has 1 atom stereocenters. The summed E-state index contributed by atoms with van der Waals surface area (Å²) in [5, 5.41) is 0. The molecule has 0 aromatic rings. The Bertz CT molecular complexity index is 181. The predicted molar refractivity (Wildman–Crippen MR) is 44.7 cm³/mol. The van der Waals surface area contributed by atoms with Crippen LogP contribution in [0, 0.1) is 11.8 Å². The lowest BCUT2D eigenvalue weighted by atomic mass is 9.99. The average Bonchev–Trinajstić information content (AvgIpc) is 2.49. The molecule has 3 nitrogen and oxygen atoms in total. The summed E-state index contributed by atoms with van der Waals surface area (Å²) < 4.78 is 5.18. The molecule has 2 fully saturated rings. The summed E-state index contributed by atoms with van der Waals surface area (Å²) in [5.41, 5.74) is 0. The zero-order valence-electron chi connectivity index (χ0n) is 7.45. The van der Waals surface area contributed by atoms with E-state index < -0.39 is 0 Å². The first-order valence-corrected chi connectivity index (χ1v) is 4.64. The van der Waals surface area contributed by atoms with E-state index in [1.54, 1.807) is 0 Å². The number of amides is 1. The number of hydrogen-bond acceptors (Lipinski definition) is 2. The third kappa shape index (κ3) is 1.33. The fourth-order valence-corrected chi connectivity index (χ4v) is 1.87. The zero-order valence-corrected chi connectivity index (χ0v) is 7.45. The molecule has 0 radical (unpaired) electrons. The number of carbonyl (C=O) groups is 1. The number of carbonyl (C=O) groups excluding carboxylic acids is 1. The van der Waals surface area contributed by atoms with Crippen molar-refractivity contribution in [2.75, 3.05) is 26.3 Å². The van der Waals surface area contributed by atoms with Crippen LogP contribution in [0.4, 0.5) is 0 Å². The molecule has 2 aliphatic heterocycles. The smallest absolute Gasteiger partial charge is 0.228 e. The van der Waals surface area contributed by atoms with Crippen LogP contribution in [-0.4, -0.2) is 37.1 Å². The molecule has 0 N–H and O–H groups in total. The third-order valence-corrected chi connectivity index (χ3v) is 2.65. The molecule has 1 unspecified atom stereocenters. The fourth-order valence-electron chi connectivity index (χ4n) is 1.87. The molecule has 12 heavy (non-hydrogen) atoms. The van der Waals surface area contributed by atoms with E-state index in [1.807, 2.05) is 4.90 Å². The van der Waals surface area contributed by atoms with Gasteiger partial charge in [0.1, 0.15) is 0 Å². The van der Waals surface area contributed by atoms with Gasteiger partial charge in [-0.1, -0.05) is 6.92 Å². The second kappa shape index (κ2) is 3.05. The van der Waals surface area contributed by atoms with Crippen molar-refractivity contribution >= 4 is 5.91 Å². The maximum atomic E-state index is 11.6. The van der Waals surface area contributed by atoms with Crippen molar-refractivity contribution in [1.29, 1.82) is 0 Å². The summed E-state index contributed by atoms with van der Waals surface area (Å²) >= 11 is 0. The van der Waals surface area contributed by atoms with Gasteiger partial charge in [0.25, 0.3) is 0 Å². The molecule has 0 bridgehead atoms. The summed E-state index contributed by atoms with van der Waals surface area (Å²) in [6.45, 7) is 5.49. The number of nitrogens with zero attached hydrogens (tertiary/aromatic N) is 1. The quantitative estimate of drug-likeness (QED) is 0.572. The predicted octanol–water partition coefficient (Wildman–Crippen LogP) is 0.501. The molecule has 2 heterocycles. The second-order valence-corrected chi connectivity index (χ2v) is 3.91. The Balaban J connectivity index is 1.83. The first-order valence-electron chi connectivity index (χ1n) is 4.64. The normalized spacial score (nSPS) is 30.4. The van der Waals surface area contributed by atoms with Crippen LogP contribution in [0.25, 0.3) is 0 Å². The molecule has 3 heteroatoms. The summed E-state index contributed by atoms with van der Waals surface area (Å²) in [6.07, 6.45) is 0.920. The first kappa shape index (κ1) is 8.05. The van der Waals surface area contributed by atoms with Gasteiger partial charge in [-0.15, -0.1) is 0 Å². The van der Waals surface area contributed by atoms with Gasteiger partial charge >= 0.3 is 0 Å². The lowest BCUT2D eigenvalue weighted by Gasteiger charge is -2.38. The van der Waals surface area contributed by atoms with Crippen LogP contribution in [0.5, 0.6) is 0 Å². The summed E-state index contributed by atoms with van der Waals surface area (Å²) in [5.74, 6) is 1.18. The number of likely N-dealkylation sites (tertiary alicyclic amines) is 1. The highest BCUT2D eigenvalue weighted by atomic mass is 16.5. The largest absolute Gasteiger partial charge is 0.381 e. The highest BCUT2D eigenvalue weighted by Crippen LogP contribution is 2.21. The minimum absolute atomic E-state index is 0.164. The number of rotatable bonds is 1. The molecule has 2 rings (SSSR count). The van der Waals surface area contributed by atoms with E-state index in [4.69, 9.17) is 4.74 Å². The van der Waals surface area contributed by atoms with Crippen LogP contribution in [0.3, 0.4) is 0 Å². The molecule has 68 valence electrons. The van der Waals surface area contributed by atoms with Gasteiger partial charge in [0.05, 0.1) is 12.5 Å². The summed E-state index contributed by atoms with van der Waals surface area (Å²) in [7, 11) is 0. The standard InChI is InChI=1S/C9H15NO2/c1-7-4-10(5-7)9(11)8-2-3-12-6-8/h7-8H,2-6H2,1H3. The van der Waals surface area contributed by atoms with E-state index in [2.05, 4.69) is 6.92 Å². The van der Waals surface area contributed by atoms with E-state index in [0.29, 0.717) is 18.4 Å². The molecule has 2 aliphatic rings. The topological polar surface area (TPSA) is 29.5 Å². The second-order valence-electron chi connectivity index (χ2n) is 3.91. The van der Waals surface area contributed by atoms with Crippen molar-refractivity contribution in [2.45, 2.75) is 13.3 Å². The fraction of sp³-hybridized carbons (Fsp3) is 0.889. The summed E-state index contributed by atoms with van der Waals surface area (Å²) in [4.78, 5) is 13.6. The van der Waals surface area contributed by atoms with Gasteiger partial charge in [-0.3, -0.25) is 4.79 Å². The van der Waals surface area contributed by atoms with Crippen LogP contribution in [0.2, 0.25) is 0 Å². The van der Waals surface area contributed by atoms with Gasteiger partial charge < -0.3 is 9.64 Å². The Kier molecular flexibility index (Phi) is 2.05. The Hall–Kier alpha value is -0.570. The van der Waals surface area contributed by atoms with Gasteiger partial charge in [0.2, 0.25) is 5.91 Å². The van der Waals surface area contributed by atoms with Crippen molar-refractivity contribution in [3.05, 3.63) is 0 Å². The molecular weight excluding hydrogens is 154 g/mol. The van der Waals surface area contributed by atoms with Gasteiger partial charge in [0, 0.05) is 19.7 Å². The van der Waals surface area contributed by atoms with Crippen molar-refractivity contribution in [2.24, 2.45) is 11.8 Å². The van der Waals surface area contributed by atoms with Crippen molar-refractivity contribution in [3.63, 3.8) is 0 Å². The van der Waals surface area contributed by atoms with E-state index in [9.17, 15) is 4.79 Å². The highest BCUT2D eigenvalue weighted by molar-refractivity contribution is 5.79. The van der Waals surface area contributed by atoms with Crippen molar-refractivity contribution in [1.82, 2.24) is 4.90 Å². The molecule has 0 aromatic carbocycles. The Morgan fingerprint density at radius 2 is 2.25 bits per heavy atom. The molecule has 0 aliphatic carbocycles. The monoisotopic (exact) mass is 169 g/mol. The minimum Gasteiger partial charge on any atom is -0.381 e. The molecular formula is C9H15NO2. The summed E-state index contributed by atoms with van der Waals surface area (Å²) in [6, 6.07) is 0. The lowest BCUT2D eigenvalue weighted by Crippen LogP contribution is -2.51. The molecule has 0 spiro atoms. The minimum atomic E-state index is 0.164. The lowest BCUT2D eigenvalue weighted by molar-refractivity contribution is -0.141. The number of hydrogen-bond donors (Lipinski definition) is 0. The van der Waals surface area contributed by atoms with Crippen LogP contribution in [0.15, 0.2) is 0 Å². The van der Waals surface area contributed by atoms with Crippen LogP contribution < -0.4 is 0 Å². The first-order chi connectivity index (χ1) is 5.77. The van der Waals surface area contributed by atoms with Crippen molar-refractivity contribution < 1.29 is 9.53 Å². The maximum Gasteiger partial charge on any atom is 0.228 e. The molecule has 0 saturated carbocycles.